The van der Waals surface area contributed by atoms with E-state index in [4.69, 9.17) is 11.6 Å². The number of hydrogen-bond donors (Lipinski definition) is 1. The van der Waals surface area contributed by atoms with Gasteiger partial charge in [-0.05, 0) is 18.3 Å². The van der Waals surface area contributed by atoms with Gasteiger partial charge in [0, 0.05) is 13.1 Å². The molecule has 1 rings (SSSR count). The molecule has 0 aromatic carbocycles. The van der Waals surface area contributed by atoms with Gasteiger partial charge < -0.3 is 5.32 Å². The van der Waals surface area contributed by atoms with Crippen molar-refractivity contribution in [3.63, 3.8) is 0 Å². The Morgan fingerprint density at radius 1 is 1.38 bits per heavy atom. The van der Waals surface area contributed by atoms with Crippen LogP contribution in [0.5, 0.6) is 0 Å². The minimum Gasteiger partial charge on any atom is -0.382 e. The van der Waals surface area contributed by atoms with Crippen molar-refractivity contribution in [2.24, 2.45) is 11.8 Å². The second-order valence-electron chi connectivity index (χ2n) is 6.05. The first-order valence-corrected chi connectivity index (χ1v) is 8.36. The number of unbranched alkanes of at least 4 members (excludes halogenated alkanes) is 1. The summed E-state index contributed by atoms with van der Waals surface area (Å²) in [7, 11) is 0. The monoisotopic (exact) mass is 313 g/mol. The first kappa shape index (κ1) is 18.0. The smallest absolute Gasteiger partial charge is 0.287 e. The molecule has 1 heterocycles. The van der Waals surface area contributed by atoms with Crippen LogP contribution in [-0.4, -0.2) is 16.3 Å². The van der Waals surface area contributed by atoms with Gasteiger partial charge in [-0.25, -0.2) is 4.68 Å². The third-order valence-corrected chi connectivity index (χ3v) is 4.01. The summed E-state index contributed by atoms with van der Waals surface area (Å²) in [5.41, 5.74) is 0.439. The Balaban J connectivity index is 2.72. The fourth-order valence-electron chi connectivity index (χ4n) is 2.26. The van der Waals surface area contributed by atoms with Crippen molar-refractivity contribution in [1.82, 2.24) is 9.78 Å². The van der Waals surface area contributed by atoms with Crippen molar-refractivity contribution in [3.8, 4) is 0 Å². The average Bonchev–Trinajstić information content (AvgIpc) is 2.45. The van der Waals surface area contributed by atoms with Crippen molar-refractivity contribution in [3.05, 3.63) is 21.6 Å². The largest absolute Gasteiger partial charge is 0.382 e. The van der Waals surface area contributed by atoms with Gasteiger partial charge in [-0.2, -0.15) is 5.10 Å². The van der Waals surface area contributed by atoms with Gasteiger partial charge in [0.05, 0.1) is 11.9 Å². The van der Waals surface area contributed by atoms with Crippen molar-refractivity contribution < 1.29 is 0 Å². The molecule has 0 aliphatic carbocycles. The van der Waals surface area contributed by atoms with Crippen molar-refractivity contribution >= 4 is 17.3 Å². The van der Waals surface area contributed by atoms with Crippen LogP contribution < -0.4 is 10.9 Å². The summed E-state index contributed by atoms with van der Waals surface area (Å²) in [6.07, 6.45) is 6.45. The summed E-state index contributed by atoms with van der Waals surface area (Å²) in [5, 5.41) is 7.74. The van der Waals surface area contributed by atoms with Crippen molar-refractivity contribution in [1.29, 1.82) is 0 Å². The number of halogens is 1. The lowest BCUT2D eigenvalue weighted by molar-refractivity contribution is 0.462. The molecule has 0 amide bonds. The number of anilines is 1. The first-order chi connectivity index (χ1) is 9.99. The zero-order chi connectivity index (χ0) is 15.8. The Hall–Kier alpha value is -1.03. The van der Waals surface area contributed by atoms with E-state index in [-0.39, 0.29) is 10.6 Å². The van der Waals surface area contributed by atoms with Crippen LogP contribution >= 0.6 is 11.6 Å². The third kappa shape index (κ3) is 5.70. The maximum Gasteiger partial charge on any atom is 0.287 e. The predicted octanol–water partition coefficient (Wildman–Crippen LogP) is 4.18. The first-order valence-electron chi connectivity index (χ1n) is 7.99. The van der Waals surface area contributed by atoms with Gasteiger partial charge in [0.1, 0.15) is 5.02 Å². The molecule has 0 aliphatic rings. The molecule has 1 unspecified atom stereocenters. The zero-order valence-corrected chi connectivity index (χ0v) is 14.4. The zero-order valence-electron chi connectivity index (χ0n) is 13.7. The van der Waals surface area contributed by atoms with E-state index in [0.717, 1.165) is 13.0 Å². The number of hydrogen-bond acceptors (Lipinski definition) is 3. The highest BCUT2D eigenvalue weighted by Gasteiger charge is 2.12. The molecular formula is C16H28ClN3O. The van der Waals surface area contributed by atoms with E-state index in [2.05, 4.69) is 24.3 Å². The highest BCUT2D eigenvalue weighted by atomic mass is 35.5. The summed E-state index contributed by atoms with van der Waals surface area (Å²) >= 11 is 6.18. The lowest BCUT2D eigenvalue weighted by Gasteiger charge is -2.17. The predicted molar refractivity (Wildman–Crippen MR) is 90.1 cm³/mol. The van der Waals surface area contributed by atoms with E-state index < -0.39 is 0 Å². The maximum absolute atomic E-state index is 12.1. The number of nitrogens with one attached hydrogen (secondary N) is 1. The van der Waals surface area contributed by atoms with E-state index in [1.807, 2.05) is 13.8 Å². The quantitative estimate of drug-likeness (QED) is 0.744. The van der Waals surface area contributed by atoms with E-state index in [1.165, 1.54) is 23.9 Å². The molecule has 120 valence electrons. The van der Waals surface area contributed by atoms with Crippen molar-refractivity contribution in [2.45, 2.75) is 59.9 Å². The fourth-order valence-corrected chi connectivity index (χ4v) is 2.48. The molecule has 0 saturated carbocycles. The number of nitrogens with zero attached hydrogens (tertiary/aromatic N) is 2. The molecule has 21 heavy (non-hydrogen) atoms. The van der Waals surface area contributed by atoms with Crippen LogP contribution in [0.3, 0.4) is 0 Å². The molecule has 0 saturated heterocycles. The molecule has 5 heteroatoms. The summed E-state index contributed by atoms with van der Waals surface area (Å²) < 4.78 is 1.44. The molecule has 0 radical (unpaired) electrons. The van der Waals surface area contributed by atoms with E-state index in [9.17, 15) is 4.79 Å². The minimum absolute atomic E-state index is 0.211. The van der Waals surface area contributed by atoms with Gasteiger partial charge in [-0.3, -0.25) is 4.79 Å². The lowest BCUT2D eigenvalue weighted by Crippen LogP contribution is -2.26. The lowest BCUT2D eigenvalue weighted by atomic mass is 9.99. The number of aromatic nitrogens is 2. The molecule has 0 bridgehead atoms. The molecule has 1 atom stereocenters. The Morgan fingerprint density at radius 3 is 2.67 bits per heavy atom. The van der Waals surface area contributed by atoms with E-state index >= 15 is 0 Å². The van der Waals surface area contributed by atoms with Crippen LogP contribution in [0.2, 0.25) is 5.02 Å². The molecule has 1 N–H and O–H groups in total. The van der Waals surface area contributed by atoms with Gasteiger partial charge >= 0.3 is 0 Å². The molecule has 1 aromatic rings. The third-order valence-electron chi connectivity index (χ3n) is 3.65. The van der Waals surface area contributed by atoms with Crippen molar-refractivity contribution in [2.75, 3.05) is 11.9 Å². The van der Waals surface area contributed by atoms with Gasteiger partial charge in [0.15, 0.2) is 0 Å². The highest BCUT2D eigenvalue weighted by Crippen LogP contribution is 2.18. The summed E-state index contributed by atoms with van der Waals surface area (Å²) in [4.78, 5) is 12.1. The topological polar surface area (TPSA) is 46.9 Å². The molecule has 4 nitrogen and oxygen atoms in total. The number of rotatable bonds is 9. The van der Waals surface area contributed by atoms with Gasteiger partial charge in [-0.15, -0.1) is 0 Å². The maximum atomic E-state index is 12.1. The van der Waals surface area contributed by atoms with Gasteiger partial charge in [-0.1, -0.05) is 58.6 Å². The summed E-state index contributed by atoms with van der Waals surface area (Å²) in [6.45, 7) is 9.93. The molecule has 0 spiro atoms. The van der Waals surface area contributed by atoms with Crippen LogP contribution in [0.4, 0.5) is 5.69 Å². The molecule has 1 aromatic heterocycles. The van der Waals surface area contributed by atoms with Crippen LogP contribution in [0.15, 0.2) is 11.0 Å². The van der Waals surface area contributed by atoms with Crippen LogP contribution in [0.25, 0.3) is 0 Å². The molecule has 0 fully saturated rings. The minimum atomic E-state index is -0.211. The Morgan fingerprint density at radius 2 is 2.10 bits per heavy atom. The second-order valence-corrected chi connectivity index (χ2v) is 6.43. The summed E-state index contributed by atoms with van der Waals surface area (Å²) in [6, 6.07) is 0. The Bertz CT molecular complexity index is 485. The standard InChI is InChI=1S/C16H28ClN3O/c1-5-7-8-13(6-2)9-18-14-10-19-20(11-12(3)4)16(21)15(14)17/h10,12-13,18H,5-9,11H2,1-4H3. The normalized spacial score (nSPS) is 12.7. The fraction of sp³-hybridized carbons (Fsp3) is 0.750. The van der Waals surface area contributed by atoms with E-state index in [1.54, 1.807) is 6.20 Å². The van der Waals surface area contributed by atoms with Crippen LogP contribution in [0.1, 0.15) is 53.4 Å². The molecular weight excluding hydrogens is 286 g/mol. The average molecular weight is 314 g/mol. The van der Waals surface area contributed by atoms with Crippen LogP contribution in [-0.2, 0) is 6.54 Å². The van der Waals surface area contributed by atoms with Gasteiger partial charge in [0.25, 0.3) is 5.56 Å². The Labute approximate surface area is 132 Å². The second kappa shape index (κ2) is 9.08. The Kier molecular flexibility index (Phi) is 7.79. The SMILES string of the molecule is CCCCC(CC)CNc1cnn(CC(C)C)c(=O)c1Cl. The summed E-state index contributed by atoms with van der Waals surface area (Å²) in [5.74, 6) is 0.975. The van der Waals surface area contributed by atoms with E-state index in [0.29, 0.717) is 24.1 Å². The highest BCUT2D eigenvalue weighted by molar-refractivity contribution is 6.32. The van der Waals surface area contributed by atoms with Gasteiger partial charge in [0.2, 0.25) is 0 Å². The van der Waals surface area contributed by atoms with Crippen LogP contribution in [0, 0.1) is 11.8 Å². The molecule has 0 aliphatic heterocycles.